The number of nitrogens with two attached hydrogens (primary N) is 7. The van der Waals surface area contributed by atoms with E-state index < -0.39 is 65.8 Å². The lowest BCUT2D eigenvalue weighted by molar-refractivity contribution is -0.142. The molecule has 2 aliphatic rings. The Hall–Kier alpha value is -3.90. The fraction of sp³-hybridized carbons (Fsp3) is 0.379. The van der Waals surface area contributed by atoms with Crippen LogP contribution in [0.4, 0.5) is 0 Å². The molecule has 4 aromatic rings. The second kappa shape index (κ2) is 48.2. The van der Waals surface area contributed by atoms with Crippen molar-refractivity contribution in [2.45, 2.75) is 116 Å². The number of methoxy groups -OCH3 is 2. The maximum atomic E-state index is 11.0. The van der Waals surface area contributed by atoms with E-state index >= 15 is 0 Å². The van der Waals surface area contributed by atoms with Crippen molar-refractivity contribution in [3.63, 3.8) is 0 Å². The summed E-state index contributed by atoms with van der Waals surface area (Å²) in [4.78, 5) is 75.7. The molecule has 0 saturated carbocycles. The topological polar surface area (TPSA) is 455 Å². The van der Waals surface area contributed by atoms with Gasteiger partial charge in [-0.25, -0.2) is 4.79 Å². The van der Waals surface area contributed by atoms with Gasteiger partial charge < -0.3 is 90.5 Å². The summed E-state index contributed by atoms with van der Waals surface area (Å²) < 4.78 is 7.68. The average Bonchev–Trinajstić information content (AvgIpc) is 0.740. The Labute approximate surface area is 639 Å². The highest BCUT2D eigenvalue weighted by Gasteiger charge is 2.47. The van der Waals surface area contributed by atoms with Crippen molar-refractivity contribution in [3.05, 3.63) is 97.1 Å². The van der Waals surface area contributed by atoms with Crippen molar-refractivity contribution >= 4 is 258 Å². The van der Waals surface area contributed by atoms with Crippen molar-refractivity contribution in [1.82, 2.24) is 10.6 Å². The van der Waals surface area contributed by atoms with E-state index in [0.29, 0.717) is 83.5 Å². The molecule has 5 unspecified atom stereocenters. The van der Waals surface area contributed by atoms with Crippen molar-refractivity contribution in [2.24, 2.45) is 46.1 Å². The van der Waals surface area contributed by atoms with Gasteiger partial charge in [0.05, 0.1) is 68.9 Å². The Bertz CT molecular complexity index is 3570. The number of benzene rings is 4. The molecule has 24 nitrogen and oxygen atoms in total. The van der Waals surface area contributed by atoms with E-state index in [1.807, 2.05) is 48.5 Å². The van der Waals surface area contributed by atoms with Crippen molar-refractivity contribution in [3.8, 4) is 23.0 Å². The highest BCUT2D eigenvalue weighted by atomic mass is 33.7. The smallest absolute Gasteiger partial charge is 0.326 e. The third kappa shape index (κ3) is 39.0. The number of thiocarbonyl (C=S) groups is 5. The van der Waals surface area contributed by atoms with Gasteiger partial charge in [0.1, 0.15) is 46.9 Å². The third-order valence-corrected chi connectivity index (χ3v) is 75.8. The third-order valence-electron chi connectivity index (χ3n) is 12.4. The number of carboxylic acid groups (broad SMARTS) is 3. The van der Waals surface area contributed by atoms with Crippen molar-refractivity contribution in [2.75, 3.05) is 21.3 Å². The fourth-order valence-electron chi connectivity index (χ4n) is 6.87. The van der Waals surface area contributed by atoms with E-state index in [1.165, 1.54) is 33.2 Å². The first-order valence-electron chi connectivity index (χ1n) is 28.8. The summed E-state index contributed by atoms with van der Waals surface area (Å²) in [6.45, 7) is 5.74. The number of nitrogens with one attached hydrogen (secondary N) is 2. The molecule has 0 radical (unpaired) electrons. The van der Waals surface area contributed by atoms with Crippen LogP contribution in [-0.4, -0.2) is 137 Å². The number of aliphatic carboxylic acids is 3. The maximum absolute atomic E-state index is 11.0. The van der Waals surface area contributed by atoms with Crippen LogP contribution < -0.4 is 81.5 Å². The monoisotopic (exact) mass is 1690 g/mol. The molecule has 5 atom stereocenters. The molecular formula is C58H83N9O15P4S13. The van der Waals surface area contributed by atoms with Crippen LogP contribution in [-0.2, 0) is 85.5 Å². The summed E-state index contributed by atoms with van der Waals surface area (Å²) in [5.41, 5.74) is 36.8. The lowest BCUT2D eigenvalue weighted by atomic mass is 10.1. The number of esters is 2. The first-order valence-corrected chi connectivity index (χ1v) is 50.2. The molecule has 6 rings (SSSR count). The van der Waals surface area contributed by atoms with Crippen molar-refractivity contribution in [1.29, 1.82) is 0 Å². The summed E-state index contributed by atoms with van der Waals surface area (Å²) in [5, 5.41) is 53.8. The van der Waals surface area contributed by atoms with Crippen LogP contribution in [0.3, 0.4) is 0 Å². The van der Waals surface area contributed by atoms with E-state index in [0.717, 1.165) is 21.7 Å². The Morgan fingerprint density at radius 1 is 0.475 bits per heavy atom. The van der Waals surface area contributed by atoms with Crippen LogP contribution in [0.25, 0.3) is 0 Å². The molecule has 41 heteroatoms. The van der Waals surface area contributed by atoms with Gasteiger partial charge in [-0.2, -0.15) is 0 Å². The van der Waals surface area contributed by atoms with Crippen LogP contribution in [0.15, 0.2) is 97.1 Å². The Morgan fingerprint density at radius 3 is 1.05 bits per heavy atom. The van der Waals surface area contributed by atoms with Crippen LogP contribution in [0.1, 0.15) is 91.9 Å². The van der Waals surface area contributed by atoms with Crippen LogP contribution >= 0.6 is 123 Å². The number of hydrogen-bond acceptors (Lipinski definition) is 28. The molecule has 0 aromatic heterocycles. The molecule has 0 aliphatic carbocycles. The standard InChI is InChI=1S/C14H12O3P2S4.C13H12O2P2S4.C7H12N2O3S.2C6H12N2O2S.C6H12N2OS.C6H11NO2S/c1-10(15)17-12-4-8-14(9-5-12)19(21)22-18(20,23-19)13-6-2-11(16)3-7-13;1-15-11-4-8-13(9-5-11)17(19)20-16(18,21-17)12-6-2-10(14)3-7-12;1-4(10)9-5(7(11)12)2-3-6(8)13;1-8-4(6(9)10)2-3-5(7)11;1-10-6(9)4(7)2-3-5(8)11;1-4(9)5(7)2-3-6(8)10;1-4(6(8)9)2-3-5(7)10/h2-9,16H,1H3;2-9,14H,1H3;5H,2-3H2,1H3,(H2,8,13)(H,9,10)(H,11,12);4,8H,2-3H2,1H3,(H2,7,11)(H,9,10);4H,2-3,7H2,1H3,(H2,8,11);5H,2-3,7H2,1H3,(H2,8,10);4H,2-3H2,1H3,(H2,7,10)(H,8,9). The number of carboxylic acids is 3. The van der Waals surface area contributed by atoms with Gasteiger partial charge in [0, 0.05) is 41.5 Å². The maximum Gasteiger partial charge on any atom is 0.326 e. The minimum Gasteiger partial charge on any atom is -0.508 e. The summed E-state index contributed by atoms with van der Waals surface area (Å²) in [7, 11) is 4.55. The number of likely N-dealkylation sites (N-methyl/N-ethyl adjacent to an activating group) is 1. The number of phenols is 2. The summed E-state index contributed by atoms with van der Waals surface area (Å²) in [6, 6.07) is 27.3. The highest BCUT2D eigenvalue weighted by Crippen LogP contribution is 3.04. The average molecular weight is 1690 g/mol. The van der Waals surface area contributed by atoms with Crippen molar-refractivity contribution < 1.29 is 73.3 Å². The Kier molecular flexibility index (Phi) is 46.3. The highest BCUT2D eigenvalue weighted by molar-refractivity contribution is 9.48. The lowest BCUT2D eigenvalue weighted by Crippen LogP contribution is -2.40. The second-order valence-electron chi connectivity index (χ2n) is 20.5. The number of carbonyl (C=O) groups is 7. The molecule has 4 aromatic carbocycles. The normalized spacial score (nSPS) is 18.8. The number of hydrogen-bond donors (Lipinski definition) is 14. The van der Waals surface area contributed by atoms with E-state index in [1.54, 1.807) is 101 Å². The predicted octanol–water partition coefficient (Wildman–Crippen LogP) is 8.48. The molecular weight excluding hydrogens is 1600 g/mol. The van der Waals surface area contributed by atoms with Gasteiger partial charge in [0.15, 0.2) is 0 Å². The molecule has 548 valence electrons. The molecule has 0 bridgehead atoms. The number of Topliss-reactive ketones (excluding diaryl/α,β-unsaturated/α-hetero) is 1. The molecule has 2 saturated heterocycles. The zero-order valence-electron chi connectivity index (χ0n) is 54.7. The zero-order chi connectivity index (χ0) is 76.2. The molecule has 99 heavy (non-hydrogen) atoms. The number of rotatable bonds is 28. The van der Waals surface area contributed by atoms with Crippen LogP contribution in [0.2, 0.25) is 0 Å². The van der Waals surface area contributed by atoms with E-state index in [4.69, 9.17) is 112 Å². The van der Waals surface area contributed by atoms with Gasteiger partial charge in [-0.05, 0) is 169 Å². The van der Waals surface area contributed by atoms with E-state index in [9.17, 15) is 43.8 Å². The van der Waals surface area contributed by atoms with Gasteiger partial charge in [0.25, 0.3) is 0 Å². The summed E-state index contributed by atoms with van der Waals surface area (Å²) in [5.74, 6) is -2.38. The predicted molar refractivity (Wildman–Crippen MR) is 444 cm³/mol. The first kappa shape index (κ1) is 95.1. The SMILES string of the molecule is CC(=O)C(N)CCC(N)=S.CC(=O)NC(CCC(N)=S)C(=O)O.CC(=O)Oc1ccc(P2(=S)SP(=S)(c3ccc(O)cc3)S2)cc1.CC(CCC(N)=S)C(=O)O.CNC(CCC(N)=S)C(=O)O.COC(=O)C(N)CCC(N)=S.COc1ccc(P2(=S)SP(=S)(c3ccc(O)cc3)S2)cc1. The fourth-order valence-corrected chi connectivity index (χ4v) is 92.0. The largest absolute Gasteiger partial charge is 0.508 e. The van der Waals surface area contributed by atoms with Gasteiger partial charge in [-0.1, -0.05) is 159 Å². The number of amides is 1. The minimum atomic E-state index is -1.79. The number of ether oxygens (including phenoxy) is 3. The van der Waals surface area contributed by atoms with Gasteiger partial charge in [0.2, 0.25) is 5.91 Å². The molecule has 0 spiro atoms. The number of phenolic OH excluding ortho intramolecular Hbond substituents is 2. The number of carbonyl (C=O) groups excluding carboxylic acids is 4. The van der Waals surface area contributed by atoms with E-state index in [2.05, 4.69) is 88.6 Å². The van der Waals surface area contributed by atoms with Gasteiger partial charge in [-0.15, -0.1) is 0 Å². The quantitative estimate of drug-likeness (QED) is 0.0110. The molecule has 2 aliphatic heterocycles. The van der Waals surface area contributed by atoms with E-state index in [-0.39, 0.29) is 46.5 Å². The summed E-state index contributed by atoms with van der Waals surface area (Å²) >= 11 is 53.4. The van der Waals surface area contributed by atoms with Crippen LogP contribution in [0, 0.1) is 5.92 Å². The Morgan fingerprint density at radius 2 is 0.778 bits per heavy atom. The number of aromatic hydroxyl groups is 2. The number of ketones is 1. The zero-order valence-corrected chi connectivity index (χ0v) is 68.8. The van der Waals surface area contributed by atoms with Gasteiger partial charge >= 0.3 is 29.8 Å². The molecule has 1 amide bonds. The first-order chi connectivity index (χ1) is 45.9. The van der Waals surface area contributed by atoms with Gasteiger partial charge in [-0.3, -0.25) is 28.8 Å². The minimum absolute atomic E-state index is 0.0174. The van der Waals surface area contributed by atoms with Crippen LogP contribution in [0.5, 0.6) is 23.0 Å². The summed E-state index contributed by atoms with van der Waals surface area (Å²) in [6.07, 6.45) is 4.53. The Balaban J connectivity index is 0.00000117. The second-order valence-corrected chi connectivity index (χ2v) is 65.7. The molecule has 2 fully saturated rings. The molecule has 2 heterocycles. The lowest BCUT2D eigenvalue weighted by Gasteiger charge is -2.40. The molecule has 21 N–H and O–H groups in total.